The number of hydrogen-bond donors (Lipinski definition) is 2. The molecule has 0 fully saturated rings. The molecule has 0 saturated carbocycles. The first-order valence-corrected chi connectivity index (χ1v) is 7.23. The lowest BCUT2D eigenvalue weighted by Gasteiger charge is -2.15. The fourth-order valence-electron chi connectivity index (χ4n) is 2.74. The van der Waals surface area contributed by atoms with Gasteiger partial charge >= 0.3 is 6.03 Å². The van der Waals surface area contributed by atoms with Crippen LogP contribution in [0, 0.1) is 12.7 Å². The zero-order chi connectivity index (χ0) is 15.5. The molecule has 22 heavy (non-hydrogen) atoms. The van der Waals surface area contributed by atoms with Crippen LogP contribution in [0.4, 0.5) is 9.18 Å². The minimum atomic E-state index is -0.279. The minimum Gasteiger partial charge on any atom is -0.332 e. The van der Waals surface area contributed by atoms with Crippen LogP contribution in [-0.2, 0) is 13.0 Å². The van der Waals surface area contributed by atoms with E-state index in [0.29, 0.717) is 24.4 Å². The second kappa shape index (κ2) is 6.09. The lowest BCUT2D eigenvalue weighted by Crippen LogP contribution is -2.37. The third-order valence-corrected chi connectivity index (χ3v) is 3.78. The molecule has 114 valence electrons. The van der Waals surface area contributed by atoms with Crippen molar-refractivity contribution < 1.29 is 9.18 Å². The lowest BCUT2D eigenvalue weighted by atomic mass is 10.1. The maximum absolute atomic E-state index is 13.7. The lowest BCUT2D eigenvalue weighted by molar-refractivity contribution is 0.236. The highest BCUT2D eigenvalue weighted by Gasteiger charge is 2.25. The number of nitrogens with one attached hydrogen (secondary N) is 2. The van der Waals surface area contributed by atoms with Gasteiger partial charge in [0.2, 0.25) is 0 Å². The van der Waals surface area contributed by atoms with Gasteiger partial charge in [0.25, 0.3) is 0 Å². The molecule has 6 heteroatoms. The SMILES string of the molecule is Cc1nccc(CNC(=O)NC2CCc3c(F)cccc32)n1. The number of aromatic nitrogens is 2. The third kappa shape index (κ3) is 3.05. The van der Waals surface area contributed by atoms with Gasteiger partial charge < -0.3 is 10.6 Å². The molecule has 1 unspecified atom stereocenters. The second-order valence-corrected chi connectivity index (χ2v) is 5.32. The molecule has 1 aliphatic rings. The summed E-state index contributed by atoms with van der Waals surface area (Å²) < 4.78 is 13.7. The molecule has 1 heterocycles. The highest BCUT2D eigenvalue weighted by molar-refractivity contribution is 5.74. The van der Waals surface area contributed by atoms with Crippen molar-refractivity contribution in [1.82, 2.24) is 20.6 Å². The number of amides is 2. The van der Waals surface area contributed by atoms with E-state index in [1.807, 2.05) is 6.07 Å². The van der Waals surface area contributed by atoms with Gasteiger partial charge in [0.1, 0.15) is 11.6 Å². The van der Waals surface area contributed by atoms with E-state index in [1.165, 1.54) is 6.07 Å². The molecule has 0 saturated heterocycles. The van der Waals surface area contributed by atoms with E-state index in [1.54, 1.807) is 25.3 Å². The number of carbonyl (C=O) groups excluding carboxylic acids is 1. The molecule has 1 atom stereocenters. The number of benzene rings is 1. The van der Waals surface area contributed by atoms with Gasteiger partial charge in [0.05, 0.1) is 18.3 Å². The summed E-state index contributed by atoms with van der Waals surface area (Å²) in [6, 6.07) is 6.34. The van der Waals surface area contributed by atoms with E-state index in [2.05, 4.69) is 20.6 Å². The van der Waals surface area contributed by atoms with Crippen molar-refractivity contribution in [1.29, 1.82) is 0 Å². The van der Waals surface area contributed by atoms with Crippen LogP contribution in [0.5, 0.6) is 0 Å². The molecule has 2 amide bonds. The second-order valence-electron chi connectivity index (χ2n) is 5.32. The van der Waals surface area contributed by atoms with Gasteiger partial charge in [0, 0.05) is 6.20 Å². The van der Waals surface area contributed by atoms with E-state index in [0.717, 1.165) is 17.7 Å². The van der Waals surface area contributed by atoms with Gasteiger partial charge in [0.15, 0.2) is 0 Å². The van der Waals surface area contributed by atoms with Crippen molar-refractivity contribution in [2.75, 3.05) is 0 Å². The molecule has 2 N–H and O–H groups in total. The molecular weight excluding hydrogens is 283 g/mol. The van der Waals surface area contributed by atoms with Gasteiger partial charge in [-0.25, -0.2) is 19.2 Å². The van der Waals surface area contributed by atoms with E-state index >= 15 is 0 Å². The topological polar surface area (TPSA) is 66.9 Å². The Morgan fingerprint density at radius 3 is 3.09 bits per heavy atom. The molecule has 1 aromatic carbocycles. The number of rotatable bonds is 3. The van der Waals surface area contributed by atoms with E-state index in [9.17, 15) is 9.18 Å². The smallest absolute Gasteiger partial charge is 0.315 e. The Hall–Kier alpha value is -2.50. The molecule has 3 rings (SSSR count). The Kier molecular flexibility index (Phi) is 4.00. The molecule has 0 spiro atoms. The van der Waals surface area contributed by atoms with Gasteiger partial charge in [-0.2, -0.15) is 0 Å². The van der Waals surface area contributed by atoms with Gasteiger partial charge in [-0.15, -0.1) is 0 Å². The number of fused-ring (bicyclic) bond motifs is 1. The van der Waals surface area contributed by atoms with Crippen LogP contribution in [0.15, 0.2) is 30.5 Å². The fourth-order valence-corrected chi connectivity index (χ4v) is 2.74. The van der Waals surface area contributed by atoms with Crippen LogP contribution >= 0.6 is 0 Å². The van der Waals surface area contributed by atoms with Crippen molar-refractivity contribution in [2.45, 2.75) is 32.4 Å². The summed E-state index contributed by atoms with van der Waals surface area (Å²) in [5, 5.41) is 5.65. The van der Waals surface area contributed by atoms with Crippen molar-refractivity contribution >= 4 is 6.03 Å². The van der Waals surface area contributed by atoms with Crippen LogP contribution in [0.25, 0.3) is 0 Å². The summed E-state index contributed by atoms with van der Waals surface area (Å²) >= 11 is 0. The molecule has 0 bridgehead atoms. The first kappa shape index (κ1) is 14.4. The molecule has 1 aromatic heterocycles. The summed E-state index contributed by atoms with van der Waals surface area (Å²) in [7, 11) is 0. The Morgan fingerprint density at radius 1 is 1.41 bits per heavy atom. The van der Waals surface area contributed by atoms with Crippen LogP contribution in [0.2, 0.25) is 0 Å². The van der Waals surface area contributed by atoms with Crippen LogP contribution in [-0.4, -0.2) is 16.0 Å². The van der Waals surface area contributed by atoms with Crippen LogP contribution in [0.1, 0.15) is 35.1 Å². The summed E-state index contributed by atoms with van der Waals surface area (Å²) in [5.74, 6) is 0.471. The highest BCUT2D eigenvalue weighted by Crippen LogP contribution is 2.32. The summed E-state index contributed by atoms with van der Waals surface area (Å²) in [6.07, 6.45) is 3.03. The number of nitrogens with zero attached hydrogens (tertiary/aromatic N) is 2. The standard InChI is InChI=1S/C16H17FN4O/c1-10-18-8-7-11(20-10)9-19-16(22)21-15-6-5-12-13(15)3-2-4-14(12)17/h2-4,7-8,15H,5-6,9H2,1H3,(H2,19,21,22). The molecule has 1 aliphatic carbocycles. The predicted molar refractivity (Wildman–Crippen MR) is 79.6 cm³/mol. The third-order valence-electron chi connectivity index (χ3n) is 3.78. The summed E-state index contributed by atoms with van der Waals surface area (Å²) in [5.41, 5.74) is 2.33. The van der Waals surface area contributed by atoms with Crippen LogP contribution in [0.3, 0.4) is 0 Å². The summed E-state index contributed by atoms with van der Waals surface area (Å²) in [4.78, 5) is 20.2. The zero-order valence-electron chi connectivity index (χ0n) is 12.3. The van der Waals surface area contributed by atoms with E-state index in [-0.39, 0.29) is 17.9 Å². The number of aryl methyl sites for hydroxylation is 1. The van der Waals surface area contributed by atoms with Crippen molar-refractivity contribution in [3.05, 3.63) is 58.9 Å². The molecule has 2 aromatic rings. The maximum Gasteiger partial charge on any atom is 0.315 e. The Morgan fingerprint density at radius 2 is 2.27 bits per heavy atom. The van der Waals surface area contributed by atoms with E-state index < -0.39 is 0 Å². The largest absolute Gasteiger partial charge is 0.332 e. The predicted octanol–water partition coefficient (Wildman–Crippen LogP) is 2.41. The fraction of sp³-hybridized carbons (Fsp3) is 0.312. The van der Waals surface area contributed by atoms with Crippen LogP contribution < -0.4 is 10.6 Å². The molecule has 5 nitrogen and oxygen atoms in total. The van der Waals surface area contributed by atoms with Gasteiger partial charge in [-0.05, 0) is 43.0 Å². The first-order chi connectivity index (χ1) is 10.6. The van der Waals surface area contributed by atoms with Gasteiger partial charge in [-0.3, -0.25) is 0 Å². The monoisotopic (exact) mass is 300 g/mol. The Labute approximate surface area is 128 Å². The minimum absolute atomic E-state index is 0.141. The zero-order valence-corrected chi connectivity index (χ0v) is 12.3. The van der Waals surface area contributed by atoms with Crippen molar-refractivity contribution in [3.8, 4) is 0 Å². The van der Waals surface area contributed by atoms with Crippen molar-refractivity contribution in [2.24, 2.45) is 0 Å². The van der Waals surface area contributed by atoms with Gasteiger partial charge in [-0.1, -0.05) is 12.1 Å². The molecule has 0 aliphatic heterocycles. The number of urea groups is 1. The molecular formula is C16H17FN4O. The van der Waals surface area contributed by atoms with E-state index in [4.69, 9.17) is 0 Å². The summed E-state index contributed by atoms with van der Waals surface area (Å²) in [6.45, 7) is 2.13. The number of hydrogen-bond acceptors (Lipinski definition) is 3. The Bertz CT molecular complexity index is 704. The first-order valence-electron chi connectivity index (χ1n) is 7.23. The quantitative estimate of drug-likeness (QED) is 0.914. The number of carbonyl (C=O) groups is 1. The normalized spacial score (nSPS) is 16.2. The van der Waals surface area contributed by atoms with Crippen molar-refractivity contribution in [3.63, 3.8) is 0 Å². The highest BCUT2D eigenvalue weighted by atomic mass is 19.1. The Balaban J connectivity index is 1.59. The average Bonchev–Trinajstić information content (AvgIpc) is 2.90. The average molecular weight is 300 g/mol. The number of halogens is 1. The molecule has 0 radical (unpaired) electrons. The maximum atomic E-state index is 13.7.